The smallest absolute Gasteiger partial charge is 0.263 e. The highest BCUT2D eigenvalue weighted by Gasteiger charge is 2.26. The van der Waals surface area contributed by atoms with Gasteiger partial charge in [-0.1, -0.05) is 24.3 Å². The fraction of sp³-hybridized carbons (Fsp3) is 0.304. The Morgan fingerprint density at radius 3 is 2.39 bits per heavy atom. The summed E-state index contributed by atoms with van der Waals surface area (Å²) in [6.07, 6.45) is -0.519. The van der Waals surface area contributed by atoms with Crippen LogP contribution in [0.4, 0.5) is 17.5 Å². The van der Waals surface area contributed by atoms with Gasteiger partial charge in [-0.3, -0.25) is 4.79 Å². The van der Waals surface area contributed by atoms with Crippen molar-refractivity contribution in [3.8, 4) is 5.75 Å². The van der Waals surface area contributed by atoms with E-state index in [0.717, 1.165) is 17.3 Å². The molecule has 31 heavy (non-hydrogen) atoms. The van der Waals surface area contributed by atoms with Crippen molar-refractivity contribution in [3.63, 3.8) is 0 Å². The van der Waals surface area contributed by atoms with Gasteiger partial charge in [-0.15, -0.1) is 10.2 Å². The first kappa shape index (κ1) is 20.6. The molecule has 0 bridgehead atoms. The van der Waals surface area contributed by atoms with Crippen LogP contribution in [0.25, 0.3) is 0 Å². The highest BCUT2D eigenvalue weighted by atomic mass is 16.5. The summed E-state index contributed by atoms with van der Waals surface area (Å²) in [7, 11) is 0. The van der Waals surface area contributed by atoms with E-state index in [1.165, 1.54) is 0 Å². The van der Waals surface area contributed by atoms with E-state index in [9.17, 15) is 4.79 Å². The summed E-state index contributed by atoms with van der Waals surface area (Å²) >= 11 is 0. The number of nitrogens with one attached hydrogen (secondary N) is 1. The lowest BCUT2D eigenvalue weighted by atomic mass is 10.2. The zero-order chi connectivity index (χ0) is 21.6. The number of pyridine rings is 1. The van der Waals surface area contributed by atoms with Crippen LogP contribution < -0.4 is 15.0 Å². The van der Waals surface area contributed by atoms with E-state index in [2.05, 4.69) is 25.4 Å². The van der Waals surface area contributed by atoms with Gasteiger partial charge in [0.1, 0.15) is 11.6 Å². The number of piperazine rings is 1. The minimum atomic E-state index is -0.519. The second-order valence-corrected chi connectivity index (χ2v) is 7.45. The molecule has 0 radical (unpaired) electrons. The molecule has 1 N–H and O–H groups in total. The quantitative estimate of drug-likeness (QED) is 0.659. The van der Waals surface area contributed by atoms with E-state index in [-0.39, 0.29) is 5.91 Å². The minimum absolute atomic E-state index is 0.000195. The lowest BCUT2D eigenvalue weighted by molar-refractivity contribution is -0.138. The number of para-hydroxylation sites is 1. The molecule has 1 aromatic carbocycles. The summed E-state index contributed by atoms with van der Waals surface area (Å²) in [6, 6.07) is 19.0. The average Bonchev–Trinajstić information content (AvgIpc) is 2.80. The van der Waals surface area contributed by atoms with E-state index < -0.39 is 6.10 Å². The van der Waals surface area contributed by atoms with E-state index in [0.29, 0.717) is 37.7 Å². The Balaban J connectivity index is 1.29. The van der Waals surface area contributed by atoms with Crippen molar-refractivity contribution < 1.29 is 9.53 Å². The molecule has 4 rings (SSSR count). The van der Waals surface area contributed by atoms with Crippen molar-refractivity contribution >= 4 is 23.4 Å². The Morgan fingerprint density at radius 2 is 1.71 bits per heavy atom. The summed E-state index contributed by atoms with van der Waals surface area (Å²) in [5.74, 6) is 2.87. The SMILES string of the molecule is Cc1cccc(Nc2ccc(N3CCN(C(=O)[C@@H](C)Oc4ccccc4)CC3)nn2)n1. The number of hydrogen-bond donors (Lipinski definition) is 1. The van der Waals surface area contributed by atoms with Gasteiger partial charge in [0.25, 0.3) is 5.91 Å². The molecule has 160 valence electrons. The fourth-order valence-corrected chi connectivity index (χ4v) is 3.47. The first-order valence-corrected chi connectivity index (χ1v) is 10.4. The number of carbonyl (C=O) groups is 1. The van der Waals surface area contributed by atoms with Crippen LogP contribution in [0.2, 0.25) is 0 Å². The zero-order valence-electron chi connectivity index (χ0n) is 17.7. The third-order valence-electron chi connectivity index (χ3n) is 5.11. The maximum Gasteiger partial charge on any atom is 0.263 e. The molecule has 0 spiro atoms. The molecular formula is C23H26N6O2. The lowest BCUT2D eigenvalue weighted by Crippen LogP contribution is -2.52. The summed E-state index contributed by atoms with van der Waals surface area (Å²) in [5, 5.41) is 11.8. The van der Waals surface area contributed by atoms with Crippen molar-refractivity contribution in [3.05, 3.63) is 66.4 Å². The Labute approximate surface area is 181 Å². The topological polar surface area (TPSA) is 83.5 Å². The van der Waals surface area contributed by atoms with Crippen LogP contribution >= 0.6 is 0 Å². The monoisotopic (exact) mass is 418 g/mol. The Bertz CT molecular complexity index is 1000. The molecule has 0 saturated carbocycles. The molecule has 0 aliphatic carbocycles. The molecule has 8 heteroatoms. The maximum atomic E-state index is 12.7. The predicted octanol–water partition coefficient (Wildman–Crippen LogP) is 3.04. The average molecular weight is 419 g/mol. The van der Waals surface area contributed by atoms with Gasteiger partial charge in [0.15, 0.2) is 17.7 Å². The largest absolute Gasteiger partial charge is 0.481 e. The first-order chi connectivity index (χ1) is 15.1. The summed E-state index contributed by atoms with van der Waals surface area (Å²) in [4.78, 5) is 21.1. The second-order valence-electron chi connectivity index (χ2n) is 7.45. The number of anilines is 3. The Kier molecular flexibility index (Phi) is 6.26. The van der Waals surface area contributed by atoms with Gasteiger partial charge < -0.3 is 19.9 Å². The van der Waals surface area contributed by atoms with Gasteiger partial charge in [0, 0.05) is 31.9 Å². The highest BCUT2D eigenvalue weighted by Crippen LogP contribution is 2.18. The number of rotatable bonds is 6. The van der Waals surface area contributed by atoms with Crippen molar-refractivity contribution in [1.29, 1.82) is 0 Å². The predicted molar refractivity (Wildman–Crippen MR) is 120 cm³/mol. The number of nitrogens with zero attached hydrogens (tertiary/aromatic N) is 5. The third-order valence-corrected chi connectivity index (χ3v) is 5.11. The van der Waals surface area contributed by atoms with Crippen molar-refractivity contribution in [1.82, 2.24) is 20.1 Å². The van der Waals surface area contributed by atoms with E-state index >= 15 is 0 Å². The zero-order valence-corrected chi connectivity index (χ0v) is 17.7. The van der Waals surface area contributed by atoms with E-state index in [1.807, 2.05) is 72.5 Å². The van der Waals surface area contributed by atoms with Crippen molar-refractivity contribution in [2.24, 2.45) is 0 Å². The van der Waals surface area contributed by atoms with Crippen LogP contribution in [-0.2, 0) is 4.79 Å². The lowest BCUT2D eigenvalue weighted by Gasteiger charge is -2.36. The number of hydrogen-bond acceptors (Lipinski definition) is 7. The van der Waals surface area contributed by atoms with Gasteiger partial charge in [-0.2, -0.15) is 0 Å². The van der Waals surface area contributed by atoms with E-state index in [1.54, 1.807) is 6.92 Å². The van der Waals surface area contributed by atoms with E-state index in [4.69, 9.17) is 4.74 Å². The molecule has 3 heterocycles. The van der Waals surface area contributed by atoms with Gasteiger partial charge in [-0.25, -0.2) is 4.98 Å². The number of aromatic nitrogens is 3. The molecule has 1 fully saturated rings. The minimum Gasteiger partial charge on any atom is -0.481 e. The molecule has 2 aromatic heterocycles. The Morgan fingerprint density at radius 1 is 0.935 bits per heavy atom. The van der Waals surface area contributed by atoms with Crippen molar-refractivity contribution in [2.75, 3.05) is 36.4 Å². The fourth-order valence-electron chi connectivity index (χ4n) is 3.47. The molecule has 1 saturated heterocycles. The van der Waals surface area contributed by atoms with Gasteiger partial charge in [0.2, 0.25) is 0 Å². The molecule has 1 amide bonds. The van der Waals surface area contributed by atoms with Crippen LogP contribution in [0.3, 0.4) is 0 Å². The van der Waals surface area contributed by atoms with Crippen LogP contribution in [0.15, 0.2) is 60.7 Å². The van der Waals surface area contributed by atoms with Crippen LogP contribution in [-0.4, -0.2) is 58.3 Å². The number of benzene rings is 1. The Hall–Kier alpha value is -3.68. The molecule has 1 aliphatic rings. The molecule has 3 aromatic rings. The van der Waals surface area contributed by atoms with Crippen LogP contribution in [0, 0.1) is 6.92 Å². The van der Waals surface area contributed by atoms with Gasteiger partial charge in [-0.05, 0) is 50.2 Å². The number of amides is 1. The van der Waals surface area contributed by atoms with Gasteiger partial charge in [0.05, 0.1) is 0 Å². The third kappa shape index (κ3) is 5.28. The molecule has 0 unspecified atom stereocenters. The summed E-state index contributed by atoms with van der Waals surface area (Å²) < 4.78 is 5.77. The second kappa shape index (κ2) is 9.42. The number of carbonyl (C=O) groups excluding carboxylic acids is 1. The normalized spacial score (nSPS) is 14.8. The van der Waals surface area contributed by atoms with Crippen LogP contribution in [0.1, 0.15) is 12.6 Å². The van der Waals surface area contributed by atoms with Crippen LogP contribution in [0.5, 0.6) is 5.75 Å². The molecule has 1 atom stereocenters. The summed E-state index contributed by atoms with van der Waals surface area (Å²) in [6.45, 7) is 6.38. The molecule has 1 aliphatic heterocycles. The molecule has 8 nitrogen and oxygen atoms in total. The first-order valence-electron chi connectivity index (χ1n) is 10.4. The number of aryl methyl sites for hydroxylation is 1. The standard InChI is InChI=1S/C23H26N6O2/c1-17-7-6-10-20(24-17)25-21-11-12-22(27-26-21)28-13-15-29(16-14-28)23(30)18(2)31-19-8-4-3-5-9-19/h3-12,18H,13-16H2,1-2H3,(H,24,25,26)/t18-/m1/s1. The maximum absolute atomic E-state index is 12.7. The van der Waals surface area contributed by atoms with Gasteiger partial charge >= 0.3 is 0 Å². The number of ether oxygens (including phenoxy) is 1. The summed E-state index contributed by atoms with van der Waals surface area (Å²) in [5.41, 5.74) is 0.936. The van der Waals surface area contributed by atoms with Crippen molar-refractivity contribution in [2.45, 2.75) is 20.0 Å². The highest BCUT2D eigenvalue weighted by molar-refractivity contribution is 5.81. The molecular weight excluding hydrogens is 392 g/mol.